The maximum atomic E-state index is 6.29. The molecule has 1 aromatic carbocycles. The Morgan fingerprint density at radius 1 is 1.22 bits per heavy atom. The van der Waals surface area contributed by atoms with Crippen LogP contribution in [-0.2, 0) is 5.54 Å². The van der Waals surface area contributed by atoms with Crippen molar-refractivity contribution < 1.29 is 9.26 Å². The quantitative estimate of drug-likeness (QED) is 0.800. The zero-order valence-corrected chi connectivity index (χ0v) is 13.2. The van der Waals surface area contributed by atoms with E-state index < -0.39 is 5.54 Å². The molecule has 0 spiro atoms. The van der Waals surface area contributed by atoms with Crippen molar-refractivity contribution in [3.8, 4) is 17.2 Å². The van der Waals surface area contributed by atoms with Crippen molar-refractivity contribution in [3.63, 3.8) is 0 Å². The highest BCUT2D eigenvalue weighted by molar-refractivity contribution is 5.93. The Kier molecular flexibility index (Phi) is 3.09. The van der Waals surface area contributed by atoms with Gasteiger partial charge in [0.15, 0.2) is 5.82 Å². The summed E-state index contributed by atoms with van der Waals surface area (Å²) < 4.78 is 10.8. The van der Waals surface area contributed by atoms with Gasteiger partial charge < -0.3 is 15.0 Å². The van der Waals surface area contributed by atoms with Gasteiger partial charge in [0.05, 0.1) is 23.7 Å². The number of nitrogens with two attached hydrogens (primary N) is 1. The molecule has 0 unspecified atom stereocenters. The third-order valence-electron chi connectivity index (χ3n) is 4.49. The summed E-state index contributed by atoms with van der Waals surface area (Å²) in [5, 5.41) is 5.02. The predicted octanol–water partition coefficient (Wildman–Crippen LogP) is 2.94. The number of ether oxygens (including phenoxy) is 1. The summed E-state index contributed by atoms with van der Waals surface area (Å²) in [5.74, 6) is 1.82. The van der Waals surface area contributed by atoms with Crippen molar-refractivity contribution in [1.82, 2.24) is 15.1 Å². The fourth-order valence-electron chi connectivity index (χ4n) is 2.96. The van der Waals surface area contributed by atoms with E-state index in [1.807, 2.05) is 31.2 Å². The molecule has 2 aromatic heterocycles. The molecule has 1 aliphatic rings. The van der Waals surface area contributed by atoms with Gasteiger partial charge in [0, 0.05) is 11.1 Å². The topological polar surface area (TPSA) is 87.1 Å². The van der Waals surface area contributed by atoms with E-state index in [9.17, 15) is 0 Å². The van der Waals surface area contributed by atoms with Gasteiger partial charge in [-0.2, -0.15) is 4.98 Å². The van der Waals surface area contributed by atoms with Crippen LogP contribution in [0.5, 0.6) is 5.75 Å². The lowest BCUT2D eigenvalue weighted by atomic mass is 9.77. The van der Waals surface area contributed by atoms with Crippen molar-refractivity contribution >= 4 is 10.9 Å². The molecule has 2 N–H and O–H groups in total. The number of pyridine rings is 1. The Hall–Kier alpha value is -2.47. The summed E-state index contributed by atoms with van der Waals surface area (Å²) in [5.41, 5.74) is 8.47. The molecule has 4 rings (SSSR count). The number of methoxy groups -OCH3 is 1. The SMILES string of the molecule is COc1ccc2nc(C)cc(-c3nc(C4(N)CCC4)no3)c2c1. The van der Waals surface area contributed by atoms with Crippen molar-refractivity contribution in [2.75, 3.05) is 7.11 Å². The lowest BCUT2D eigenvalue weighted by Crippen LogP contribution is -2.44. The van der Waals surface area contributed by atoms with E-state index in [4.69, 9.17) is 15.0 Å². The summed E-state index contributed by atoms with van der Waals surface area (Å²) in [6, 6.07) is 7.70. The average Bonchev–Trinajstić information content (AvgIpc) is 3.01. The summed E-state index contributed by atoms with van der Waals surface area (Å²) in [4.78, 5) is 9.10. The summed E-state index contributed by atoms with van der Waals surface area (Å²) >= 11 is 0. The van der Waals surface area contributed by atoms with Crippen LogP contribution in [0.15, 0.2) is 28.8 Å². The fraction of sp³-hybridized carbons (Fsp3) is 0.353. The number of fused-ring (bicyclic) bond motifs is 1. The van der Waals surface area contributed by atoms with Crippen molar-refractivity contribution in [2.45, 2.75) is 31.7 Å². The van der Waals surface area contributed by atoms with Crippen LogP contribution in [0.1, 0.15) is 30.8 Å². The monoisotopic (exact) mass is 310 g/mol. The summed E-state index contributed by atoms with van der Waals surface area (Å²) in [6.45, 7) is 1.95. The van der Waals surface area contributed by atoms with Gasteiger partial charge in [-0.25, -0.2) is 0 Å². The van der Waals surface area contributed by atoms with E-state index in [0.29, 0.717) is 11.7 Å². The number of aryl methyl sites for hydroxylation is 1. The highest BCUT2D eigenvalue weighted by atomic mass is 16.5. The number of aromatic nitrogens is 3. The molecule has 23 heavy (non-hydrogen) atoms. The van der Waals surface area contributed by atoms with Crippen LogP contribution in [0.4, 0.5) is 0 Å². The van der Waals surface area contributed by atoms with Crippen molar-refractivity contribution in [1.29, 1.82) is 0 Å². The standard InChI is InChI=1S/C17H18N4O2/c1-10-8-13(12-9-11(22-2)4-5-14(12)19-10)15-20-16(21-23-15)17(18)6-3-7-17/h4-5,8-9H,3,6-7,18H2,1-2H3. The van der Waals surface area contributed by atoms with Crippen LogP contribution in [0.2, 0.25) is 0 Å². The molecule has 3 aromatic rings. The first-order valence-electron chi connectivity index (χ1n) is 7.68. The Morgan fingerprint density at radius 3 is 2.74 bits per heavy atom. The van der Waals surface area contributed by atoms with Gasteiger partial charge in [-0.1, -0.05) is 5.16 Å². The Balaban J connectivity index is 1.87. The molecule has 0 bridgehead atoms. The first-order valence-corrected chi connectivity index (χ1v) is 7.68. The molecule has 6 heteroatoms. The number of benzene rings is 1. The lowest BCUT2D eigenvalue weighted by Gasteiger charge is -2.34. The fourth-order valence-corrected chi connectivity index (χ4v) is 2.96. The third kappa shape index (κ3) is 2.26. The van der Waals surface area contributed by atoms with E-state index in [1.165, 1.54) is 0 Å². The van der Waals surface area contributed by atoms with Gasteiger partial charge in [0.1, 0.15) is 5.75 Å². The molecular weight excluding hydrogens is 292 g/mol. The zero-order valence-electron chi connectivity index (χ0n) is 13.2. The van der Waals surface area contributed by atoms with Crippen molar-refractivity contribution in [2.24, 2.45) is 5.73 Å². The summed E-state index contributed by atoms with van der Waals surface area (Å²) in [6.07, 6.45) is 2.90. The summed E-state index contributed by atoms with van der Waals surface area (Å²) in [7, 11) is 1.64. The molecule has 1 fully saturated rings. The normalized spacial score (nSPS) is 16.3. The molecule has 1 aliphatic carbocycles. The minimum absolute atomic E-state index is 0.433. The minimum atomic E-state index is -0.433. The maximum absolute atomic E-state index is 6.29. The highest BCUT2D eigenvalue weighted by Gasteiger charge is 2.39. The average molecular weight is 310 g/mol. The number of nitrogens with zero attached hydrogens (tertiary/aromatic N) is 3. The van der Waals surface area contributed by atoms with Gasteiger partial charge in [-0.3, -0.25) is 4.98 Å². The maximum Gasteiger partial charge on any atom is 0.258 e. The van der Waals surface area contributed by atoms with Gasteiger partial charge >= 0.3 is 0 Å². The predicted molar refractivity (Wildman–Crippen MR) is 86.0 cm³/mol. The largest absolute Gasteiger partial charge is 0.497 e. The molecule has 2 heterocycles. The van der Waals surface area contributed by atoms with Gasteiger partial charge in [0.2, 0.25) is 0 Å². The molecule has 6 nitrogen and oxygen atoms in total. The second kappa shape index (κ2) is 5.03. The third-order valence-corrected chi connectivity index (χ3v) is 4.49. The molecule has 118 valence electrons. The van der Waals surface area contributed by atoms with Gasteiger partial charge in [0.25, 0.3) is 5.89 Å². The Bertz CT molecular complexity index is 883. The van der Waals surface area contributed by atoms with Crippen LogP contribution in [-0.4, -0.2) is 22.2 Å². The van der Waals surface area contributed by atoms with Crippen molar-refractivity contribution in [3.05, 3.63) is 35.8 Å². The molecule has 0 saturated heterocycles. The van der Waals surface area contributed by atoms with Gasteiger partial charge in [-0.15, -0.1) is 0 Å². The second-order valence-electron chi connectivity index (χ2n) is 6.13. The van der Waals surface area contributed by atoms with Crippen LogP contribution in [0.3, 0.4) is 0 Å². The number of hydrogen-bond donors (Lipinski definition) is 1. The Morgan fingerprint density at radius 2 is 2.04 bits per heavy atom. The van der Waals surface area contributed by atoms with Crippen LogP contribution >= 0.6 is 0 Å². The number of rotatable bonds is 3. The number of hydrogen-bond acceptors (Lipinski definition) is 6. The van der Waals surface area contributed by atoms with E-state index >= 15 is 0 Å². The van der Waals surface area contributed by atoms with Crippen LogP contribution in [0, 0.1) is 6.92 Å². The van der Waals surface area contributed by atoms with Crippen LogP contribution in [0.25, 0.3) is 22.4 Å². The first kappa shape index (κ1) is 14.1. The second-order valence-corrected chi connectivity index (χ2v) is 6.13. The molecular formula is C17H18N4O2. The van der Waals surface area contributed by atoms with E-state index in [0.717, 1.165) is 47.2 Å². The first-order chi connectivity index (χ1) is 11.1. The van der Waals surface area contributed by atoms with E-state index in [1.54, 1.807) is 7.11 Å². The highest BCUT2D eigenvalue weighted by Crippen LogP contribution is 2.38. The Labute approximate surface area is 133 Å². The molecule has 0 atom stereocenters. The molecule has 1 saturated carbocycles. The molecule has 0 radical (unpaired) electrons. The molecule has 0 aliphatic heterocycles. The van der Waals surface area contributed by atoms with Crippen LogP contribution < -0.4 is 10.5 Å². The zero-order chi connectivity index (χ0) is 16.0. The molecule has 0 amide bonds. The smallest absolute Gasteiger partial charge is 0.258 e. The lowest BCUT2D eigenvalue weighted by molar-refractivity contribution is 0.229. The minimum Gasteiger partial charge on any atom is -0.497 e. The van der Waals surface area contributed by atoms with E-state index in [2.05, 4.69) is 15.1 Å². The van der Waals surface area contributed by atoms with Gasteiger partial charge in [-0.05, 0) is 50.5 Å². The van der Waals surface area contributed by atoms with E-state index in [-0.39, 0.29) is 0 Å².